The van der Waals surface area contributed by atoms with Gasteiger partial charge in [0.1, 0.15) is 23.2 Å². The smallest absolute Gasteiger partial charge is 0.259 e. The van der Waals surface area contributed by atoms with Gasteiger partial charge in [-0.1, -0.05) is 32.4 Å². The van der Waals surface area contributed by atoms with E-state index in [0.29, 0.717) is 36.5 Å². The third kappa shape index (κ3) is 4.58. The molecule has 2 bridgehead atoms. The topological polar surface area (TPSA) is 133 Å². The SMILES string of the molecule is CC[C@H]1C[C@@H]2C[C@@H]3[C@@H]4C/C=C\C(=O)NCC[C@H](O)[C@@H]5NC(=O)C(=C(O)/C=C/[C@H]4CC(=O)[C@@H]3[C@@H]2[C@H]1C)C5=O. The number of hydrogen-bond acceptors (Lipinski definition) is 6. The maximum Gasteiger partial charge on any atom is 0.259 e. The van der Waals surface area contributed by atoms with Gasteiger partial charge in [0.15, 0.2) is 5.78 Å². The molecule has 0 spiro atoms. The van der Waals surface area contributed by atoms with Crippen molar-refractivity contribution in [3.05, 3.63) is 35.6 Å². The molecule has 37 heavy (non-hydrogen) atoms. The Kier molecular flexibility index (Phi) is 7.14. The van der Waals surface area contributed by atoms with Crippen molar-refractivity contribution in [1.29, 1.82) is 0 Å². The summed E-state index contributed by atoms with van der Waals surface area (Å²) in [4.78, 5) is 51.2. The molecule has 2 amide bonds. The second-order valence-electron chi connectivity index (χ2n) is 11.7. The normalized spacial score (nSPS) is 44.1. The first-order valence-corrected chi connectivity index (χ1v) is 13.8. The standard InChI is InChI=1S/C29H38N2O6/c1-3-15-11-17-12-19-18-5-4-6-23(35)30-10-9-21(33)27-28(36)26(29(37)31-27)20(32)8-7-16(18)13-22(34)25(19)24(17)14(15)2/h4,6-8,14-19,21,24-25,27,32-33H,3,5,9-13H2,1-2H3,(H,30,35)(H,31,37)/b6-4-,8-7+,26-20?/t14-,15-,16-,17+,18+,19+,21-,24+,25+,27-/m0/s1. The highest BCUT2D eigenvalue weighted by molar-refractivity contribution is 6.27. The highest BCUT2D eigenvalue weighted by Crippen LogP contribution is 2.61. The summed E-state index contributed by atoms with van der Waals surface area (Å²) in [6.07, 6.45) is 9.70. The number of allylic oxidation sites excluding steroid dienone is 3. The maximum atomic E-state index is 13.5. The molecular weight excluding hydrogens is 472 g/mol. The van der Waals surface area contributed by atoms with Gasteiger partial charge in [0.05, 0.1) is 6.10 Å². The van der Waals surface area contributed by atoms with Crippen molar-refractivity contribution >= 4 is 23.4 Å². The molecule has 0 radical (unpaired) electrons. The van der Waals surface area contributed by atoms with E-state index in [9.17, 15) is 29.4 Å². The van der Waals surface area contributed by atoms with Gasteiger partial charge in [-0.25, -0.2) is 0 Å². The van der Waals surface area contributed by atoms with Crippen LogP contribution in [0.5, 0.6) is 0 Å². The van der Waals surface area contributed by atoms with Crippen molar-refractivity contribution in [2.24, 2.45) is 47.3 Å². The highest BCUT2D eigenvalue weighted by Gasteiger charge is 2.58. The molecular formula is C29H38N2O6. The van der Waals surface area contributed by atoms with Crippen LogP contribution in [0.3, 0.4) is 0 Å². The molecule has 0 aromatic heterocycles. The second kappa shape index (κ2) is 10.2. The van der Waals surface area contributed by atoms with Crippen molar-refractivity contribution in [2.45, 2.75) is 64.5 Å². The van der Waals surface area contributed by atoms with Crippen molar-refractivity contribution in [3.8, 4) is 0 Å². The molecule has 10 atom stereocenters. The Morgan fingerprint density at radius 3 is 2.62 bits per heavy atom. The minimum absolute atomic E-state index is 0.0374. The van der Waals surface area contributed by atoms with Crippen LogP contribution in [-0.2, 0) is 19.2 Å². The minimum Gasteiger partial charge on any atom is -0.507 e. The lowest BCUT2D eigenvalue weighted by Crippen LogP contribution is -2.42. The Morgan fingerprint density at radius 2 is 1.86 bits per heavy atom. The van der Waals surface area contributed by atoms with E-state index in [4.69, 9.17) is 0 Å². The molecule has 3 saturated carbocycles. The van der Waals surface area contributed by atoms with E-state index < -0.39 is 29.6 Å². The first-order valence-electron chi connectivity index (χ1n) is 13.8. The van der Waals surface area contributed by atoms with Gasteiger partial charge in [-0.15, -0.1) is 0 Å². The third-order valence-electron chi connectivity index (χ3n) is 9.99. The lowest BCUT2D eigenvalue weighted by atomic mass is 9.63. The fourth-order valence-corrected chi connectivity index (χ4v) is 8.25. The number of carbonyl (C=O) groups excluding carboxylic acids is 4. The molecule has 8 nitrogen and oxygen atoms in total. The van der Waals surface area contributed by atoms with Crippen LogP contribution < -0.4 is 10.6 Å². The molecule has 8 heteroatoms. The zero-order valence-electron chi connectivity index (χ0n) is 21.6. The van der Waals surface area contributed by atoms with Gasteiger partial charge in [0, 0.05) is 18.9 Å². The van der Waals surface area contributed by atoms with E-state index in [0.717, 1.165) is 12.8 Å². The van der Waals surface area contributed by atoms with Crippen LogP contribution in [0.2, 0.25) is 0 Å². The van der Waals surface area contributed by atoms with Crippen molar-refractivity contribution in [2.75, 3.05) is 6.54 Å². The van der Waals surface area contributed by atoms with Crippen LogP contribution >= 0.6 is 0 Å². The molecule has 0 aromatic rings. The molecule has 2 heterocycles. The summed E-state index contributed by atoms with van der Waals surface area (Å²) in [5.41, 5.74) is -0.372. The summed E-state index contributed by atoms with van der Waals surface area (Å²) in [6, 6.07) is -1.17. The monoisotopic (exact) mass is 510 g/mol. The zero-order valence-corrected chi connectivity index (χ0v) is 21.6. The second-order valence-corrected chi connectivity index (χ2v) is 11.7. The molecule has 3 aliphatic carbocycles. The Hall–Kier alpha value is -2.74. The number of rotatable bonds is 1. The molecule has 0 unspecified atom stereocenters. The first-order chi connectivity index (χ1) is 17.7. The van der Waals surface area contributed by atoms with Crippen LogP contribution in [0.15, 0.2) is 35.6 Å². The summed E-state index contributed by atoms with van der Waals surface area (Å²) < 4.78 is 0. The number of aliphatic hydroxyl groups is 2. The highest BCUT2D eigenvalue weighted by atomic mass is 16.3. The minimum atomic E-state index is -1.20. The van der Waals surface area contributed by atoms with E-state index in [-0.39, 0.29) is 53.9 Å². The number of nitrogens with one attached hydrogen (secondary N) is 2. The van der Waals surface area contributed by atoms with Crippen LogP contribution in [0.4, 0.5) is 0 Å². The Balaban J connectivity index is 1.47. The van der Waals surface area contributed by atoms with E-state index in [1.807, 2.05) is 6.08 Å². The molecule has 4 fully saturated rings. The van der Waals surface area contributed by atoms with E-state index in [1.165, 1.54) is 18.6 Å². The molecule has 2 aliphatic heterocycles. The molecule has 5 rings (SSSR count). The number of aliphatic hydroxyl groups excluding tert-OH is 2. The number of ketones is 2. The summed E-state index contributed by atoms with van der Waals surface area (Å²) in [5, 5.41) is 26.3. The van der Waals surface area contributed by atoms with Gasteiger partial charge in [-0.2, -0.15) is 0 Å². The quantitative estimate of drug-likeness (QED) is 0.401. The summed E-state index contributed by atoms with van der Waals surface area (Å²) >= 11 is 0. The Morgan fingerprint density at radius 1 is 1.08 bits per heavy atom. The van der Waals surface area contributed by atoms with Crippen LogP contribution in [0, 0.1) is 47.3 Å². The lowest BCUT2D eigenvalue weighted by molar-refractivity contribution is -0.131. The molecule has 1 saturated heterocycles. The van der Waals surface area contributed by atoms with Crippen molar-refractivity contribution in [1.82, 2.24) is 10.6 Å². The summed E-state index contributed by atoms with van der Waals surface area (Å²) in [6.45, 7) is 4.68. The number of amides is 2. The molecule has 0 aromatic carbocycles. The number of carbonyl (C=O) groups is 4. The number of hydrogen-bond donors (Lipinski definition) is 4. The molecule has 5 aliphatic rings. The van der Waals surface area contributed by atoms with Gasteiger partial charge < -0.3 is 20.8 Å². The van der Waals surface area contributed by atoms with Crippen molar-refractivity contribution < 1.29 is 29.4 Å². The van der Waals surface area contributed by atoms with Gasteiger partial charge in [-0.3, -0.25) is 19.2 Å². The maximum absolute atomic E-state index is 13.5. The fourth-order valence-electron chi connectivity index (χ4n) is 8.25. The Bertz CT molecular complexity index is 1080. The summed E-state index contributed by atoms with van der Waals surface area (Å²) in [5.74, 6) is 0.507. The van der Waals surface area contributed by atoms with E-state index in [1.54, 1.807) is 6.08 Å². The van der Waals surface area contributed by atoms with E-state index >= 15 is 0 Å². The third-order valence-corrected chi connectivity index (χ3v) is 9.99. The predicted octanol–water partition coefficient (Wildman–Crippen LogP) is 2.39. The van der Waals surface area contributed by atoms with Crippen molar-refractivity contribution in [3.63, 3.8) is 0 Å². The van der Waals surface area contributed by atoms with Gasteiger partial charge in [0.25, 0.3) is 5.91 Å². The van der Waals surface area contributed by atoms with Gasteiger partial charge >= 0.3 is 0 Å². The van der Waals surface area contributed by atoms with Crippen LogP contribution in [0.25, 0.3) is 0 Å². The van der Waals surface area contributed by atoms with E-state index in [2.05, 4.69) is 24.5 Å². The average Bonchev–Trinajstić information content (AvgIpc) is 3.48. The van der Waals surface area contributed by atoms with Crippen LogP contribution in [0.1, 0.15) is 52.4 Å². The number of Topliss-reactive ketones (excluding diaryl/α,β-unsaturated/α-hetero) is 2. The lowest BCUT2D eigenvalue weighted by Gasteiger charge is -2.40. The Labute approximate surface area is 217 Å². The van der Waals surface area contributed by atoms with Gasteiger partial charge in [0.2, 0.25) is 5.91 Å². The largest absolute Gasteiger partial charge is 0.507 e. The molecule has 200 valence electrons. The predicted molar refractivity (Wildman–Crippen MR) is 136 cm³/mol. The van der Waals surface area contributed by atoms with Gasteiger partial charge in [-0.05, 0) is 79.3 Å². The number of fused-ring (bicyclic) bond motifs is 7. The average molecular weight is 511 g/mol. The fraction of sp³-hybridized carbons (Fsp3) is 0.655. The first kappa shape index (κ1) is 25.9. The zero-order chi connectivity index (χ0) is 26.4. The molecule has 4 N–H and O–H groups in total. The summed E-state index contributed by atoms with van der Waals surface area (Å²) in [7, 11) is 0. The van der Waals surface area contributed by atoms with Crippen LogP contribution in [-0.4, -0.2) is 52.3 Å².